The van der Waals surface area contributed by atoms with Gasteiger partial charge in [0.2, 0.25) is 0 Å². The number of aliphatic hydroxyl groups excluding tert-OH is 2. The van der Waals surface area contributed by atoms with Gasteiger partial charge in [-0.25, -0.2) is 4.39 Å². The molecule has 8 heteroatoms. The number of ether oxygens (including phenoxy) is 1. The van der Waals surface area contributed by atoms with Crippen LogP contribution in [0.5, 0.6) is 0 Å². The van der Waals surface area contributed by atoms with E-state index in [0.29, 0.717) is 18.4 Å². The molecule has 5 aliphatic rings. The van der Waals surface area contributed by atoms with Crippen molar-refractivity contribution in [2.24, 2.45) is 11.3 Å². The maximum absolute atomic E-state index is 16.8. The Bertz CT molecular complexity index is 1340. The Morgan fingerprint density at radius 1 is 1.19 bits per heavy atom. The van der Waals surface area contributed by atoms with Gasteiger partial charge in [-0.15, -0.1) is 0 Å². The highest BCUT2D eigenvalue weighted by Crippen LogP contribution is 2.70. The fourth-order valence-corrected chi connectivity index (χ4v) is 8.54. The van der Waals surface area contributed by atoms with Crippen molar-refractivity contribution in [1.29, 1.82) is 0 Å². The van der Waals surface area contributed by atoms with Gasteiger partial charge < -0.3 is 30.0 Å². The van der Waals surface area contributed by atoms with Crippen molar-refractivity contribution in [3.63, 3.8) is 0 Å². The Morgan fingerprint density at radius 2 is 2.00 bits per heavy atom. The molecule has 2 spiro atoms. The average Bonchev–Trinajstić information content (AvgIpc) is 3.49. The van der Waals surface area contributed by atoms with Crippen LogP contribution in [0.2, 0.25) is 0 Å². The molecule has 0 radical (unpaired) electrons. The number of nitrogen functional groups attached to an aromatic ring is 1. The van der Waals surface area contributed by atoms with Crippen molar-refractivity contribution in [2.45, 2.75) is 80.6 Å². The van der Waals surface area contributed by atoms with Crippen molar-refractivity contribution in [3.05, 3.63) is 41.5 Å². The quantitative estimate of drug-likeness (QED) is 0.547. The Kier molecular flexibility index (Phi) is 4.44. The highest BCUT2D eigenvalue weighted by atomic mass is 19.1. The Hall–Kier alpha value is -2.26. The summed E-state index contributed by atoms with van der Waals surface area (Å²) < 4.78 is 29.3. The van der Waals surface area contributed by atoms with Gasteiger partial charge in [-0.2, -0.15) is 4.98 Å². The summed E-state index contributed by atoms with van der Waals surface area (Å²) in [4.78, 5) is 6.20. The van der Waals surface area contributed by atoms with E-state index in [1.807, 2.05) is 31.1 Å². The van der Waals surface area contributed by atoms with Gasteiger partial charge in [0.1, 0.15) is 17.2 Å². The lowest BCUT2D eigenvalue weighted by molar-refractivity contribution is -0.282. The highest BCUT2D eigenvalue weighted by Gasteiger charge is 2.76. The third-order valence-corrected chi connectivity index (χ3v) is 10.4. The fraction of sp³-hybridized carbons (Fsp3) is 0.607. The number of rotatable bonds is 2. The standard InChI is InChI=1S/C28H34FN3O4/c1-25-9-8-16-13-28(29)23(34)22(33)19(32(2)3)14-26(28)10-11-27(16,36-26)21(25)7-5-17(25)15-4-6-20-18(12-15)31-24(30)35-20/h4-6,8,12,19,21-23,33-34H,7,9-11,13-14H2,1-3H3,(H2,30,31). The molecule has 2 bridgehead atoms. The molecule has 3 fully saturated rings. The molecular weight excluding hydrogens is 461 g/mol. The number of anilines is 1. The summed E-state index contributed by atoms with van der Waals surface area (Å²) in [5, 5.41) is 21.9. The number of hydrogen-bond donors (Lipinski definition) is 3. The van der Waals surface area contributed by atoms with Crippen LogP contribution in [0, 0.1) is 11.3 Å². The average molecular weight is 496 g/mol. The van der Waals surface area contributed by atoms with Crippen LogP contribution in [0.15, 0.2) is 40.3 Å². The molecule has 7 rings (SSSR count). The minimum absolute atomic E-state index is 0.122. The Labute approximate surface area is 209 Å². The van der Waals surface area contributed by atoms with Crippen molar-refractivity contribution in [1.82, 2.24) is 9.88 Å². The molecule has 1 saturated carbocycles. The molecule has 3 aliphatic carbocycles. The number of nitrogens with two attached hydrogens (primary N) is 1. The Balaban J connectivity index is 1.29. The molecule has 2 saturated heterocycles. The molecule has 7 nitrogen and oxygen atoms in total. The first-order chi connectivity index (χ1) is 17.0. The predicted octanol–water partition coefficient (Wildman–Crippen LogP) is 3.61. The molecule has 8 atom stereocenters. The van der Waals surface area contributed by atoms with Gasteiger partial charge in [-0.3, -0.25) is 0 Å². The highest BCUT2D eigenvalue weighted by molar-refractivity contribution is 5.83. The van der Waals surface area contributed by atoms with Gasteiger partial charge >= 0.3 is 0 Å². The smallest absolute Gasteiger partial charge is 0.292 e. The van der Waals surface area contributed by atoms with Crippen molar-refractivity contribution in [3.8, 4) is 0 Å². The first-order valence-corrected chi connectivity index (χ1v) is 13.0. The molecule has 2 aromatic rings. The van der Waals surface area contributed by atoms with Gasteiger partial charge in [-0.05, 0) is 75.0 Å². The van der Waals surface area contributed by atoms with E-state index >= 15 is 4.39 Å². The summed E-state index contributed by atoms with van der Waals surface area (Å²) in [5.74, 6) is 0.170. The number of nitrogens with zero attached hydrogens (tertiary/aromatic N) is 2. The van der Waals surface area contributed by atoms with E-state index in [0.717, 1.165) is 35.9 Å². The summed E-state index contributed by atoms with van der Waals surface area (Å²) in [6.07, 6.45) is 5.23. The van der Waals surface area contributed by atoms with Gasteiger partial charge in [-0.1, -0.05) is 25.1 Å². The van der Waals surface area contributed by atoms with E-state index in [-0.39, 0.29) is 29.8 Å². The lowest BCUT2D eigenvalue weighted by atomic mass is 9.56. The van der Waals surface area contributed by atoms with Gasteiger partial charge in [0.05, 0.1) is 11.7 Å². The van der Waals surface area contributed by atoms with E-state index < -0.39 is 29.1 Å². The predicted molar refractivity (Wildman–Crippen MR) is 134 cm³/mol. The van der Waals surface area contributed by atoms with Crippen LogP contribution in [-0.4, -0.2) is 69.3 Å². The number of likely N-dealkylation sites (N-methyl/N-ethyl adjacent to an activating group) is 1. The number of benzene rings is 1. The maximum atomic E-state index is 16.8. The van der Waals surface area contributed by atoms with Gasteiger partial charge in [0, 0.05) is 23.8 Å². The summed E-state index contributed by atoms with van der Waals surface area (Å²) in [5.41, 5.74) is 6.66. The number of hydrogen-bond acceptors (Lipinski definition) is 7. The lowest BCUT2D eigenvalue weighted by Crippen LogP contribution is -2.73. The second-order valence-electron chi connectivity index (χ2n) is 12.2. The minimum Gasteiger partial charge on any atom is -0.424 e. The first-order valence-electron chi connectivity index (χ1n) is 13.0. The lowest BCUT2D eigenvalue weighted by Gasteiger charge is -2.61. The number of fused-ring (bicyclic) bond motifs is 2. The van der Waals surface area contributed by atoms with E-state index in [9.17, 15) is 10.2 Å². The molecule has 4 N–H and O–H groups in total. The molecule has 1 aromatic carbocycles. The zero-order valence-electron chi connectivity index (χ0n) is 21.0. The zero-order chi connectivity index (χ0) is 25.3. The Morgan fingerprint density at radius 3 is 2.78 bits per heavy atom. The fourth-order valence-electron chi connectivity index (χ4n) is 8.54. The largest absolute Gasteiger partial charge is 0.424 e. The SMILES string of the molecule is CN(C)C1CC23CCC4(O2)C(=CCC2(C)C(c5ccc6oc(N)nc6c5)=CCC24)CC3(F)C(O)C1O. The first kappa shape index (κ1) is 22.9. The molecular formula is C28H34FN3O4. The number of alkyl halides is 1. The van der Waals surface area contributed by atoms with E-state index in [1.54, 1.807) is 0 Å². The van der Waals surface area contributed by atoms with Crippen LogP contribution in [0.4, 0.5) is 10.4 Å². The van der Waals surface area contributed by atoms with Crippen molar-refractivity contribution in [2.75, 3.05) is 19.8 Å². The summed E-state index contributed by atoms with van der Waals surface area (Å²) >= 11 is 0. The monoisotopic (exact) mass is 495 g/mol. The van der Waals surface area contributed by atoms with Crippen LogP contribution < -0.4 is 5.73 Å². The second kappa shape index (κ2) is 6.98. The minimum atomic E-state index is -1.99. The topological polar surface area (TPSA) is 105 Å². The van der Waals surface area contributed by atoms with Crippen LogP contribution in [-0.2, 0) is 4.74 Å². The zero-order valence-corrected chi connectivity index (χ0v) is 21.0. The third kappa shape index (κ3) is 2.58. The number of halogens is 1. The van der Waals surface area contributed by atoms with Gasteiger partial charge in [0.25, 0.3) is 6.01 Å². The molecule has 1 aromatic heterocycles. The molecule has 3 heterocycles. The normalized spacial score (nSPS) is 45.3. The molecule has 192 valence electrons. The van der Waals surface area contributed by atoms with Crippen molar-refractivity contribution >= 4 is 22.7 Å². The number of aromatic nitrogens is 1. The van der Waals surface area contributed by atoms with Crippen LogP contribution in [0.3, 0.4) is 0 Å². The van der Waals surface area contributed by atoms with Crippen LogP contribution in [0.25, 0.3) is 16.7 Å². The van der Waals surface area contributed by atoms with E-state index in [1.165, 1.54) is 5.57 Å². The molecule has 36 heavy (non-hydrogen) atoms. The van der Waals surface area contributed by atoms with E-state index in [4.69, 9.17) is 14.9 Å². The van der Waals surface area contributed by atoms with Gasteiger partial charge in [0.15, 0.2) is 11.3 Å². The third-order valence-electron chi connectivity index (χ3n) is 10.4. The molecule has 0 amide bonds. The number of allylic oxidation sites excluding steroid dienone is 3. The number of oxazole rings is 1. The summed E-state index contributed by atoms with van der Waals surface area (Å²) in [6.45, 7) is 2.30. The number of aliphatic hydroxyl groups is 2. The van der Waals surface area contributed by atoms with E-state index in [2.05, 4.69) is 30.1 Å². The van der Waals surface area contributed by atoms with Crippen LogP contribution >= 0.6 is 0 Å². The second-order valence-corrected chi connectivity index (χ2v) is 12.2. The summed E-state index contributed by atoms with van der Waals surface area (Å²) in [7, 11) is 3.73. The molecule has 2 aliphatic heterocycles. The summed E-state index contributed by atoms with van der Waals surface area (Å²) in [6, 6.07) is 5.82. The molecule has 8 unspecified atom stereocenters. The van der Waals surface area contributed by atoms with Crippen LogP contribution in [0.1, 0.15) is 51.0 Å². The maximum Gasteiger partial charge on any atom is 0.292 e. The van der Waals surface area contributed by atoms with Crippen molar-refractivity contribution < 1.29 is 23.8 Å².